The van der Waals surface area contributed by atoms with E-state index in [1.807, 2.05) is 0 Å². The highest BCUT2D eigenvalue weighted by Crippen LogP contribution is 2.16. The topological polar surface area (TPSA) is 67.5 Å². The molecule has 20 heavy (non-hydrogen) atoms. The van der Waals surface area contributed by atoms with Crippen LogP contribution in [0.1, 0.15) is 5.56 Å². The summed E-state index contributed by atoms with van der Waals surface area (Å²) in [6.45, 7) is 0. The number of rotatable bonds is 4. The van der Waals surface area contributed by atoms with Crippen LogP contribution >= 0.6 is 15.9 Å². The van der Waals surface area contributed by atoms with Crippen molar-refractivity contribution in [2.45, 2.75) is 0 Å². The van der Waals surface area contributed by atoms with Crippen molar-refractivity contribution in [2.24, 2.45) is 5.10 Å². The fraction of sp³-hybridized carbons (Fsp3) is 0. The summed E-state index contributed by atoms with van der Waals surface area (Å²) in [5.74, 6) is -0.387. The van der Waals surface area contributed by atoms with Gasteiger partial charge in [-0.25, -0.2) is 4.39 Å². The number of hydrazone groups is 1. The summed E-state index contributed by atoms with van der Waals surface area (Å²) in [5.41, 5.74) is 3.57. The van der Waals surface area contributed by atoms with Crippen LogP contribution in [0, 0.1) is 15.9 Å². The van der Waals surface area contributed by atoms with Crippen molar-refractivity contribution < 1.29 is 9.31 Å². The Hall–Kier alpha value is -2.28. The molecule has 0 atom stereocenters. The minimum atomic E-state index is -0.482. The van der Waals surface area contributed by atoms with Crippen LogP contribution in [0.15, 0.2) is 52.0 Å². The molecule has 0 spiro atoms. The lowest BCUT2D eigenvalue weighted by atomic mass is 10.2. The second-order valence-electron chi connectivity index (χ2n) is 3.84. The van der Waals surface area contributed by atoms with E-state index in [4.69, 9.17) is 0 Å². The number of nitrogens with one attached hydrogen (secondary N) is 1. The lowest BCUT2D eigenvalue weighted by Gasteiger charge is -2.00. The number of benzene rings is 2. The van der Waals surface area contributed by atoms with E-state index in [-0.39, 0.29) is 11.5 Å². The Morgan fingerprint density at radius 3 is 2.60 bits per heavy atom. The summed E-state index contributed by atoms with van der Waals surface area (Å²) in [7, 11) is 0. The van der Waals surface area contributed by atoms with Gasteiger partial charge in [0.25, 0.3) is 5.69 Å². The lowest BCUT2D eigenvalue weighted by Crippen LogP contribution is -1.94. The summed E-state index contributed by atoms with van der Waals surface area (Å²) >= 11 is 3.24. The number of nitro benzene ring substituents is 1. The molecule has 7 heteroatoms. The van der Waals surface area contributed by atoms with Crippen LogP contribution < -0.4 is 5.43 Å². The second kappa shape index (κ2) is 6.25. The third kappa shape index (κ3) is 3.61. The van der Waals surface area contributed by atoms with Crippen molar-refractivity contribution in [1.29, 1.82) is 0 Å². The van der Waals surface area contributed by atoms with E-state index in [1.54, 1.807) is 12.1 Å². The Balaban J connectivity index is 2.06. The molecule has 2 rings (SSSR count). The Labute approximate surface area is 122 Å². The van der Waals surface area contributed by atoms with Crippen LogP contribution in [0.2, 0.25) is 0 Å². The average Bonchev–Trinajstić information content (AvgIpc) is 2.43. The Kier molecular flexibility index (Phi) is 4.41. The number of halogens is 2. The van der Waals surface area contributed by atoms with Gasteiger partial charge in [-0.05, 0) is 30.3 Å². The second-order valence-corrected chi connectivity index (χ2v) is 4.76. The molecule has 0 aliphatic carbocycles. The van der Waals surface area contributed by atoms with E-state index in [2.05, 4.69) is 26.5 Å². The zero-order valence-electron chi connectivity index (χ0n) is 10.1. The van der Waals surface area contributed by atoms with Crippen LogP contribution in [-0.4, -0.2) is 11.1 Å². The first-order valence-corrected chi connectivity index (χ1v) is 6.34. The third-order valence-corrected chi connectivity index (χ3v) is 2.93. The highest BCUT2D eigenvalue weighted by atomic mass is 79.9. The number of nitrogens with zero attached hydrogens (tertiary/aromatic N) is 2. The van der Waals surface area contributed by atoms with E-state index in [9.17, 15) is 14.5 Å². The van der Waals surface area contributed by atoms with Crippen LogP contribution in [0.4, 0.5) is 15.8 Å². The maximum atomic E-state index is 13.4. The molecule has 0 radical (unpaired) electrons. The average molecular weight is 338 g/mol. The van der Waals surface area contributed by atoms with Gasteiger partial charge in [-0.15, -0.1) is 0 Å². The van der Waals surface area contributed by atoms with Crippen LogP contribution in [0.25, 0.3) is 0 Å². The van der Waals surface area contributed by atoms with Gasteiger partial charge in [0.15, 0.2) is 0 Å². The SMILES string of the molecule is O=[N+]([O-])c1ccc(N/N=C\c2cc(Br)ccc2F)cc1. The normalized spacial score (nSPS) is 10.7. The summed E-state index contributed by atoms with van der Waals surface area (Å²) < 4.78 is 14.2. The Bertz CT molecular complexity index is 659. The highest BCUT2D eigenvalue weighted by Gasteiger charge is 2.03. The standard InChI is InChI=1S/C13H9BrFN3O2/c14-10-1-6-13(15)9(7-10)8-16-17-11-2-4-12(5-3-11)18(19)20/h1-8,17H/b16-8-. The maximum Gasteiger partial charge on any atom is 0.269 e. The van der Waals surface area contributed by atoms with E-state index in [1.165, 1.54) is 36.5 Å². The highest BCUT2D eigenvalue weighted by molar-refractivity contribution is 9.10. The molecular weight excluding hydrogens is 329 g/mol. The predicted octanol–water partition coefficient (Wildman–Crippen LogP) is 3.94. The molecule has 2 aromatic carbocycles. The number of anilines is 1. The van der Waals surface area contributed by atoms with Crippen LogP contribution in [0.3, 0.4) is 0 Å². The van der Waals surface area contributed by atoms with Crippen LogP contribution in [-0.2, 0) is 0 Å². The molecule has 0 aliphatic heterocycles. The van der Waals surface area contributed by atoms with E-state index in [0.717, 1.165) is 4.47 Å². The van der Waals surface area contributed by atoms with Crippen molar-refractivity contribution >= 4 is 33.5 Å². The van der Waals surface area contributed by atoms with Gasteiger partial charge in [-0.1, -0.05) is 15.9 Å². The molecule has 0 amide bonds. The van der Waals surface area contributed by atoms with E-state index < -0.39 is 4.92 Å². The summed E-state index contributed by atoms with van der Waals surface area (Å²) in [6.07, 6.45) is 1.33. The Morgan fingerprint density at radius 1 is 1.25 bits per heavy atom. The first kappa shape index (κ1) is 14.1. The van der Waals surface area contributed by atoms with Gasteiger partial charge in [0, 0.05) is 22.2 Å². The van der Waals surface area contributed by atoms with Crippen molar-refractivity contribution in [3.8, 4) is 0 Å². The van der Waals surface area contributed by atoms with Crippen molar-refractivity contribution in [3.05, 3.63) is 68.4 Å². The van der Waals surface area contributed by atoms with Crippen LogP contribution in [0.5, 0.6) is 0 Å². The van der Waals surface area contributed by atoms with E-state index in [0.29, 0.717) is 11.3 Å². The van der Waals surface area contributed by atoms with Crippen molar-refractivity contribution in [1.82, 2.24) is 0 Å². The van der Waals surface area contributed by atoms with Crippen molar-refractivity contribution in [2.75, 3.05) is 5.43 Å². The molecule has 0 heterocycles. The molecule has 2 aromatic rings. The molecule has 1 N–H and O–H groups in total. The summed E-state index contributed by atoms with van der Waals surface area (Å²) in [4.78, 5) is 10.0. The number of nitro groups is 1. The van der Waals surface area contributed by atoms with Gasteiger partial charge < -0.3 is 0 Å². The van der Waals surface area contributed by atoms with Gasteiger partial charge in [0.2, 0.25) is 0 Å². The monoisotopic (exact) mass is 337 g/mol. The molecule has 102 valence electrons. The summed E-state index contributed by atoms with van der Waals surface area (Å²) in [5, 5.41) is 14.4. The van der Waals surface area contributed by atoms with E-state index >= 15 is 0 Å². The molecular formula is C13H9BrFN3O2. The molecule has 0 aliphatic rings. The fourth-order valence-electron chi connectivity index (χ4n) is 1.45. The number of non-ortho nitro benzene ring substituents is 1. The minimum Gasteiger partial charge on any atom is -0.278 e. The quantitative estimate of drug-likeness (QED) is 0.522. The summed E-state index contributed by atoms with van der Waals surface area (Å²) in [6, 6.07) is 10.3. The third-order valence-electron chi connectivity index (χ3n) is 2.43. The van der Waals surface area contributed by atoms with Gasteiger partial charge in [0.1, 0.15) is 5.82 Å². The fourth-order valence-corrected chi connectivity index (χ4v) is 1.83. The Morgan fingerprint density at radius 2 is 1.95 bits per heavy atom. The number of hydrogen-bond donors (Lipinski definition) is 1. The predicted molar refractivity (Wildman–Crippen MR) is 78.4 cm³/mol. The first-order valence-electron chi connectivity index (χ1n) is 5.55. The molecule has 0 bridgehead atoms. The lowest BCUT2D eigenvalue weighted by molar-refractivity contribution is -0.384. The van der Waals surface area contributed by atoms with Gasteiger partial charge in [-0.3, -0.25) is 15.5 Å². The van der Waals surface area contributed by atoms with Gasteiger partial charge in [-0.2, -0.15) is 5.10 Å². The van der Waals surface area contributed by atoms with Gasteiger partial charge in [0.05, 0.1) is 16.8 Å². The molecule has 0 saturated heterocycles. The minimum absolute atomic E-state index is 0.00226. The van der Waals surface area contributed by atoms with Crippen molar-refractivity contribution in [3.63, 3.8) is 0 Å². The molecule has 5 nitrogen and oxygen atoms in total. The molecule has 0 unspecified atom stereocenters. The molecule has 0 aromatic heterocycles. The smallest absolute Gasteiger partial charge is 0.269 e. The van der Waals surface area contributed by atoms with Gasteiger partial charge >= 0.3 is 0 Å². The maximum absolute atomic E-state index is 13.4. The molecule has 0 fully saturated rings. The largest absolute Gasteiger partial charge is 0.278 e. The first-order chi connectivity index (χ1) is 9.56. The zero-order valence-corrected chi connectivity index (χ0v) is 11.7. The number of hydrogen-bond acceptors (Lipinski definition) is 4. The molecule has 0 saturated carbocycles. The zero-order chi connectivity index (χ0) is 14.5.